The van der Waals surface area contributed by atoms with Crippen LogP contribution in [0.25, 0.3) is 5.65 Å². The first-order chi connectivity index (χ1) is 14.5. The van der Waals surface area contributed by atoms with E-state index in [9.17, 15) is 14.0 Å². The van der Waals surface area contributed by atoms with Gasteiger partial charge in [0.1, 0.15) is 12.0 Å². The Bertz CT molecular complexity index is 1150. The Hall–Kier alpha value is -3.23. The Morgan fingerprint density at radius 1 is 1.23 bits per heavy atom. The van der Waals surface area contributed by atoms with Crippen LogP contribution in [0.15, 0.2) is 41.5 Å². The molecular formula is C21H23FN6O2. The van der Waals surface area contributed by atoms with E-state index < -0.39 is 6.17 Å². The fourth-order valence-electron chi connectivity index (χ4n) is 4.03. The van der Waals surface area contributed by atoms with Crippen molar-refractivity contribution >= 4 is 23.1 Å². The predicted molar refractivity (Wildman–Crippen MR) is 110 cm³/mol. The van der Waals surface area contributed by atoms with Gasteiger partial charge >= 0.3 is 5.69 Å². The molecule has 0 spiro atoms. The maximum Gasteiger partial charge on any atom is 0.350 e. The van der Waals surface area contributed by atoms with Gasteiger partial charge < -0.3 is 9.80 Å². The van der Waals surface area contributed by atoms with Crippen molar-refractivity contribution in [1.82, 2.24) is 24.1 Å². The number of pyridine rings is 2. The minimum atomic E-state index is -0.950. The van der Waals surface area contributed by atoms with Crippen molar-refractivity contribution in [1.29, 1.82) is 0 Å². The van der Waals surface area contributed by atoms with Crippen LogP contribution in [0.4, 0.5) is 15.9 Å². The number of hydrogen-bond acceptors (Lipinski definition) is 5. The number of hydrogen-bond donors (Lipinski definition) is 0. The second kappa shape index (κ2) is 7.23. The third kappa shape index (κ3) is 3.34. The summed E-state index contributed by atoms with van der Waals surface area (Å²) in [6.45, 7) is 0.733. The third-order valence-electron chi connectivity index (χ3n) is 5.74. The van der Waals surface area contributed by atoms with E-state index in [1.54, 1.807) is 30.4 Å². The molecule has 1 aliphatic heterocycles. The smallest absolute Gasteiger partial charge is 0.336 e. The Kier molecular flexibility index (Phi) is 4.52. The van der Waals surface area contributed by atoms with Crippen molar-refractivity contribution in [3.05, 3.63) is 52.7 Å². The fraction of sp³-hybridized carbons (Fsp3) is 0.429. The highest BCUT2D eigenvalue weighted by molar-refractivity contribution is 5.94. The lowest BCUT2D eigenvalue weighted by Crippen LogP contribution is -2.40. The molecule has 1 amide bonds. The van der Waals surface area contributed by atoms with Crippen molar-refractivity contribution in [3.63, 3.8) is 0 Å². The molecule has 1 saturated heterocycles. The number of alkyl halides is 1. The third-order valence-corrected chi connectivity index (χ3v) is 5.74. The number of nitrogens with zero attached hydrogens (tertiary/aromatic N) is 6. The van der Waals surface area contributed by atoms with Gasteiger partial charge in [0, 0.05) is 43.8 Å². The molecule has 156 valence electrons. The van der Waals surface area contributed by atoms with Gasteiger partial charge in [-0.05, 0) is 43.9 Å². The number of rotatable bonds is 4. The number of aromatic nitrogens is 4. The van der Waals surface area contributed by atoms with Crippen LogP contribution in [0.1, 0.15) is 36.0 Å². The maximum atomic E-state index is 13.7. The lowest BCUT2D eigenvalue weighted by Gasteiger charge is -2.29. The minimum absolute atomic E-state index is 0.151. The highest BCUT2D eigenvalue weighted by atomic mass is 19.1. The molecule has 1 atom stereocenters. The molecule has 5 rings (SSSR count). The highest BCUT2D eigenvalue weighted by Gasteiger charge is 2.32. The van der Waals surface area contributed by atoms with E-state index in [4.69, 9.17) is 0 Å². The first-order valence-corrected chi connectivity index (χ1v) is 10.3. The zero-order valence-electron chi connectivity index (χ0n) is 16.7. The number of fused-ring (bicyclic) bond motifs is 1. The SMILES string of the molecule is Cn1nc2cc(N(c3ccc(C(=O)N4CCC[C@H](F)C4)cn3)C3CC3)ccn2c1=O. The van der Waals surface area contributed by atoms with E-state index in [0.717, 1.165) is 24.3 Å². The molecule has 1 aliphatic carbocycles. The second-order valence-electron chi connectivity index (χ2n) is 8.02. The van der Waals surface area contributed by atoms with Crippen LogP contribution in [0.5, 0.6) is 0 Å². The van der Waals surface area contributed by atoms with Crippen molar-refractivity contribution < 1.29 is 9.18 Å². The molecule has 8 nitrogen and oxygen atoms in total. The summed E-state index contributed by atoms with van der Waals surface area (Å²) >= 11 is 0. The molecule has 30 heavy (non-hydrogen) atoms. The molecule has 2 aliphatic rings. The van der Waals surface area contributed by atoms with E-state index >= 15 is 0 Å². The van der Waals surface area contributed by atoms with Crippen LogP contribution in [-0.4, -0.2) is 55.3 Å². The number of carbonyl (C=O) groups excluding carboxylic acids is 1. The molecule has 0 radical (unpaired) electrons. The first-order valence-electron chi connectivity index (χ1n) is 10.3. The van der Waals surface area contributed by atoms with Crippen LogP contribution >= 0.6 is 0 Å². The van der Waals surface area contributed by atoms with E-state index in [1.807, 2.05) is 18.2 Å². The summed E-state index contributed by atoms with van der Waals surface area (Å²) in [5.41, 5.74) is 1.75. The summed E-state index contributed by atoms with van der Waals surface area (Å²) in [4.78, 5) is 33.0. The summed E-state index contributed by atoms with van der Waals surface area (Å²) in [5, 5.41) is 4.26. The van der Waals surface area contributed by atoms with Crippen LogP contribution in [0, 0.1) is 0 Å². The number of halogens is 1. The summed E-state index contributed by atoms with van der Waals surface area (Å²) < 4.78 is 16.5. The minimum Gasteiger partial charge on any atom is -0.336 e. The molecule has 0 bridgehead atoms. The molecule has 4 heterocycles. The Morgan fingerprint density at radius 2 is 2.07 bits per heavy atom. The number of aryl methyl sites for hydroxylation is 1. The maximum absolute atomic E-state index is 13.7. The second-order valence-corrected chi connectivity index (χ2v) is 8.02. The largest absolute Gasteiger partial charge is 0.350 e. The highest BCUT2D eigenvalue weighted by Crippen LogP contribution is 2.37. The average Bonchev–Trinajstić information content (AvgIpc) is 3.54. The van der Waals surface area contributed by atoms with Crippen molar-refractivity contribution in [2.45, 2.75) is 37.9 Å². The van der Waals surface area contributed by atoms with Gasteiger partial charge in [-0.15, -0.1) is 0 Å². The van der Waals surface area contributed by atoms with Gasteiger partial charge in [-0.25, -0.2) is 18.9 Å². The van der Waals surface area contributed by atoms with Gasteiger partial charge in [-0.3, -0.25) is 9.20 Å². The molecule has 1 saturated carbocycles. The molecule has 3 aromatic heterocycles. The number of likely N-dealkylation sites (tertiary alicyclic amines) is 1. The number of piperidine rings is 1. The average molecular weight is 410 g/mol. The van der Waals surface area contributed by atoms with Gasteiger partial charge in [0.05, 0.1) is 12.1 Å². The normalized spacial score (nSPS) is 19.3. The summed E-state index contributed by atoms with van der Waals surface area (Å²) in [6.07, 6.45) is 5.64. The summed E-state index contributed by atoms with van der Waals surface area (Å²) in [7, 11) is 1.62. The standard InChI is InChI=1S/C21H23FN6O2/c1-25-21(30)27-10-8-17(11-19(27)24-25)28(16-5-6-16)18-7-4-14(12-23-18)20(29)26-9-2-3-15(22)13-26/h4,7-8,10-12,15-16H,2-3,5-6,9,13H2,1H3/t15-/m0/s1. The number of carbonyl (C=O) groups is 1. The van der Waals surface area contributed by atoms with E-state index in [-0.39, 0.29) is 18.1 Å². The van der Waals surface area contributed by atoms with E-state index in [1.165, 1.54) is 9.08 Å². The monoisotopic (exact) mass is 410 g/mol. The van der Waals surface area contributed by atoms with Crippen molar-refractivity contribution in [2.75, 3.05) is 18.0 Å². The summed E-state index contributed by atoms with van der Waals surface area (Å²) in [6, 6.07) is 7.66. The zero-order valence-corrected chi connectivity index (χ0v) is 16.7. The lowest BCUT2D eigenvalue weighted by atomic mass is 10.1. The first kappa shape index (κ1) is 18.8. The molecule has 0 N–H and O–H groups in total. The van der Waals surface area contributed by atoms with E-state index in [0.29, 0.717) is 36.6 Å². The predicted octanol–water partition coefficient (Wildman–Crippen LogP) is 2.30. The Balaban J connectivity index is 1.43. The van der Waals surface area contributed by atoms with Gasteiger partial charge in [-0.2, -0.15) is 5.10 Å². The quantitative estimate of drug-likeness (QED) is 0.660. The van der Waals surface area contributed by atoms with Crippen LogP contribution in [-0.2, 0) is 7.05 Å². The molecule has 9 heteroatoms. The van der Waals surface area contributed by atoms with Crippen LogP contribution < -0.4 is 10.6 Å². The van der Waals surface area contributed by atoms with Crippen molar-refractivity contribution in [2.24, 2.45) is 7.05 Å². The van der Waals surface area contributed by atoms with E-state index in [2.05, 4.69) is 15.0 Å². The Labute approximate surface area is 172 Å². The van der Waals surface area contributed by atoms with Gasteiger partial charge in [0.2, 0.25) is 0 Å². The topological polar surface area (TPSA) is 75.7 Å². The molecule has 2 fully saturated rings. The van der Waals surface area contributed by atoms with Gasteiger partial charge in [0.15, 0.2) is 5.65 Å². The zero-order chi connectivity index (χ0) is 20.8. The molecular weight excluding hydrogens is 387 g/mol. The Morgan fingerprint density at radius 3 is 2.77 bits per heavy atom. The van der Waals surface area contributed by atoms with Gasteiger partial charge in [-0.1, -0.05) is 0 Å². The fourth-order valence-corrected chi connectivity index (χ4v) is 4.03. The van der Waals surface area contributed by atoms with Crippen LogP contribution in [0.3, 0.4) is 0 Å². The number of amides is 1. The number of anilines is 2. The molecule has 0 aromatic carbocycles. The summed E-state index contributed by atoms with van der Waals surface area (Å²) in [5.74, 6) is 0.558. The molecule has 3 aromatic rings. The van der Waals surface area contributed by atoms with Crippen LogP contribution in [0.2, 0.25) is 0 Å². The lowest BCUT2D eigenvalue weighted by molar-refractivity contribution is 0.0635. The van der Waals surface area contributed by atoms with Crippen molar-refractivity contribution in [3.8, 4) is 0 Å². The van der Waals surface area contributed by atoms with Gasteiger partial charge in [0.25, 0.3) is 5.91 Å². The molecule has 0 unspecified atom stereocenters.